The number of hydrogen-bond donors (Lipinski definition) is 1. The van der Waals surface area contributed by atoms with Crippen LogP contribution in [0.4, 0.5) is 5.69 Å². The molecule has 2 aliphatic heterocycles. The van der Waals surface area contributed by atoms with Crippen molar-refractivity contribution in [3.05, 3.63) is 47.0 Å². The molecule has 0 radical (unpaired) electrons. The summed E-state index contributed by atoms with van der Waals surface area (Å²) in [6.07, 6.45) is 6.58. The van der Waals surface area contributed by atoms with E-state index in [4.69, 9.17) is 5.11 Å². The molecular formula is C18H21N3O2. The van der Waals surface area contributed by atoms with Crippen LogP contribution in [0.5, 0.6) is 0 Å². The molecule has 0 unspecified atom stereocenters. The lowest BCUT2D eigenvalue weighted by atomic mass is 9.98. The van der Waals surface area contributed by atoms with E-state index in [0.29, 0.717) is 0 Å². The maximum absolute atomic E-state index is 11.0. The largest absolute Gasteiger partial charge is 0.481 e. The maximum Gasteiger partial charge on any atom is 0.307 e. The molecule has 2 aliphatic rings. The number of hydrogen-bond acceptors (Lipinski definition) is 3. The van der Waals surface area contributed by atoms with Gasteiger partial charge >= 0.3 is 5.97 Å². The molecule has 1 aromatic carbocycles. The van der Waals surface area contributed by atoms with Crippen molar-refractivity contribution in [3.63, 3.8) is 0 Å². The van der Waals surface area contributed by atoms with E-state index in [2.05, 4.69) is 26.6 Å². The van der Waals surface area contributed by atoms with Crippen molar-refractivity contribution in [2.45, 2.75) is 45.2 Å². The van der Waals surface area contributed by atoms with Gasteiger partial charge in [0.05, 0.1) is 24.9 Å². The normalized spacial score (nSPS) is 16.3. The molecule has 0 spiro atoms. The van der Waals surface area contributed by atoms with Crippen molar-refractivity contribution in [2.75, 3.05) is 11.4 Å². The second kappa shape index (κ2) is 5.72. The Morgan fingerprint density at radius 2 is 2.09 bits per heavy atom. The van der Waals surface area contributed by atoms with E-state index in [-0.39, 0.29) is 6.42 Å². The first-order valence-electron chi connectivity index (χ1n) is 8.32. The fourth-order valence-corrected chi connectivity index (χ4v) is 3.79. The molecule has 0 bridgehead atoms. The van der Waals surface area contributed by atoms with Gasteiger partial charge in [0.2, 0.25) is 0 Å². The summed E-state index contributed by atoms with van der Waals surface area (Å²) < 4.78 is 2.34. The van der Waals surface area contributed by atoms with Gasteiger partial charge in [0.1, 0.15) is 5.82 Å². The van der Waals surface area contributed by atoms with E-state index < -0.39 is 5.97 Å². The van der Waals surface area contributed by atoms with E-state index in [1.807, 2.05) is 12.3 Å². The van der Waals surface area contributed by atoms with Gasteiger partial charge in [-0.3, -0.25) is 4.79 Å². The molecule has 5 nitrogen and oxygen atoms in total. The molecule has 5 heteroatoms. The molecule has 120 valence electrons. The summed E-state index contributed by atoms with van der Waals surface area (Å²) in [6.45, 7) is 2.95. The van der Waals surface area contributed by atoms with Crippen molar-refractivity contribution in [1.29, 1.82) is 0 Å². The van der Waals surface area contributed by atoms with Crippen LogP contribution in [0.25, 0.3) is 0 Å². The Labute approximate surface area is 135 Å². The Balaban J connectivity index is 1.62. The quantitative estimate of drug-likeness (QED) is 0.942. The van der Waals surface area contributed by atoms with Crippen molar-refractivity contribution in [3.8, 4) is 0 Å². The molecule has 1 N–H and O–H groups in total. The minimum absolute atomic E-state index is 0.0865. The van der Waals surface area contributed by atoms with Crippen LogP contribution in [0.2, 0.25) is 0 Å². The molecule has 23 heavy (non-hydrogen) atoms. The fourth-order valence-electron chi connectivity index (χ4n) is 3.79. The van der Waals surface area contributed by atoms with Crippen LogP contribution in [0, 0.1) is 0 Å². The number of anilines is 1. The van der Waals surface area contributed by atoms with E-state index in [9.17, 15) is 4.79 Å². The van der Waals surface area contributed by atoms with Gasteiger partial charge in [-0.05, 0) is 36.5 Å². The zero-order valence-corrected chi connectivity index (χ0v) is 13.2. The smallest absolute Gasteiger partial charge is 0.307 e. The summed E-state index contributed by atoms with van der Waals surface area (Å²) in [5, 5.41) is 9.02. The van der Waals surface area contributed by atoms with Gasteiger partial charge in [-0.2, -0.15) is 0 Å². The summed E-state index contributed by atoms with van der Waals surface area (Å²) in [7, 11) is 0. The number of carbonyl (C=O) groups is 1. The van der Waals surface area contributed by atoms with Crippen LogP contribution >= 0.6 is 0 Å². The molecule has 4 rings (SSSR count). The van der Waals surface area contributed by atoms with Crippen LogP contribution in [0.1, 0.15) is 35.5 Å². The number of nitrogens with zero attached hydrogens (tertiary/aromatic N) is 3. The summed E-state index contributed by atoms with van der Waals surface area (Å²) >= 11 is 0. The van der Waals surface area contributed by atoms with Gasteiger partial charge in [0.25, 0.3) is 0 Å². The highest BCUT2D eigenvalue weighted by molar-refractivity contribution is 5.71. The average molecular weight is 311 g/mol. The van der Waals surface area contributed by atoms with Crippen molar-refractivity contribution in [1.82, 2.24) is 9.55 Å². The Hall–Kier alpha value is -2.30. The minimum atomic E-state index is -0.777. The Morgan fingerprint density at radius 3 is 2.96 bits per heavy atom. The second-order valence-electron chi connectivity index (χ2n) is 6.48. The van der Waals surface area contributed by atoms with Gasteiger partial charge in [0.15, 0.2) is 0 Å². The first-order chi connectivity index (χ1) is 11.2. The van der Waals surface area contributed by atoms with E-state index in [1.54, 1.807) is 0 Å². The Kier molecular flexibility index (Phi) is 3.56. The lowest BCUT2D eigenvalue weighted by molar-refractivity contribution is -0.136. The van der Waals surface area contributed by atoms with Gasteiger partial charge in [-0.1, -0.05) is 12.1 Å². The Bertz CT molecular complexity index is 751. The predicted molar refractivity (Wildman–Crippen MR) is 87.7 cm³/mol. The number of aliphatic carboxylic acids is 1. The number of benzene rings is 1. The molecule has 0 saturated carbocycles. The molecule has 1 aromatic heterocycles. The molecule has 0 atom stereocenters. The number of aryl methyl sites for hydroxylation is 2. The number of rotatable bonds is 4. The first kappa shape index (κ1) is 14.3. The number of carboxylic acid groups (broad SMARTS) is 1. The van der Waals surface area contributed by atoms with E-state index in [0.717, 1.165) is 44.5 Å². The fraction of sp³-hybridized carbons (Fsp3) is 0.444. The Morgan fingerprint density at radius 1 is 1.22 bits per heavy atom. The van der Waals surface area contributed by atoms with Gasteiger partial charge in [-0.15, -0.1) is 0 Å². The molecular weight excluding hydrogens is 290 g/mol. The zero-order chi connectivity index (χ0) is 15.8. The van der Waals surface area contributed by atoms with Gasteiger partial charge < -0.3 is 14.6 Å². The third-order valence-corrected chi connectivity index (χ3v) is 4.88. The summed E-state index contributed by atoms with van der Waals surface area (Å²) in [5.41, 5.74) is 4.67. The first-order valence-corrected chi connectivity index (χ1v) is 8.32. The molecule has 0 saturated heterocycles. The van der Waals surface area contributed by atoms with Crippen LogP contribution in [-0.4, -0.2) is 27.2 Å². The maximum atomic E-state index is 11.0. The topological polar surface area (TPSA) is 58.4 Å². The lowest BCUT2D eigenvalue weighted by Gasteiger charge is -2.32. The molecule has 3 heterocycles. The standard InChI is InChI=1S/C18H21N3O2/c22-18(23)10-13-5-6-14-3-1-7-20(16(14)9-13)12-15-11-19-17-4-2-8-21(15)17/h5-6,9,11H,1-4,7-8,10,12H2,(H,22,23). The SMILES string of the molecule is O=C(O)Cc1ccc2c(c1)N(Cc1cnc3n1CCC3)CCC2. The minimum Gasteiger partial charge on any atom is -0.481 e. The van der Waals surface area contributed by atoms with Crippen LogP contribution in [0.15, 0.2) is 24.4 Å². The predicted octanol–water partition coefficient (Wildman–Crippen LogP) is 2.41. The highest BCUT2D eigenvalue weighted by atomic mass is 16.4. The number of carboxylic acids is 1. The molecule has 2 aromatic rings. The molecule has 0 amide bonds. The zero-order valence-electron chi connectivity index (χ0n) is 13.2. The highest BCUT2D eigenvalue weighted by Crippen LogP contribution is 2.30. The van der Waals surface area contributed by atoms with Crippen LogP contribution in [-0.2, 0) is 37.1 Å². The highest BCUT2D eigenvalue weighted by Gasteiger charge is 2.21. The average Bonchev–Trinajstić information content (AvgIpc) is 3.12. The van der Waals surface area contributed by atoms with Crippen molar-refractivity contribution >= 4 is 11.7 Å². The van der Waals surface area contributed by atoms with E-state index in [1.165, 1.54) is 29.2 Å². The third kappa shape index (κ3) is 2.71. The monoisotopic (exact) mass is 311 g/mol. The lowest BCUT2D eigenvalue weighted by Crippen LogP contribution is -2.30. The second-order valence-corrected chi connectivity index (χ2v) is 6.48. The molecule has 0 aliphatic carbocycles. The third-order valence-electron chi connectivity index (χ3n) is 4.88. The van der Waals surface area contributed by atoms with Gasteiger partial charge in [-0.25, -0.2) is 4.98 Å². The number of imidazole rings is 1. The van der Waals surface area contributed by atoms with Crippen molar-refractivity contribution in [2.24, 2.45) is 0 Å². The van der Waals surface area contributed by atoms with E-state index >= 15 is 0 Å². The number of aromatic nitrogens is 2. The van der Waals surface area contributed by atoms with Crippen LogP contribution in [0.3, 0.4) is 0 Å². The van der Waals surface area contributed by atoms with Crippen LogP contribution < -0.4 is 4.90 Å². The van der Waals surface area contributed by atoms with Gasteiger partial charge in [0, 0.05) is 25.2 Å². The van der Waals surface area contributed by atoms with Crippen molar-refractivity contribution < 1.29 is 9.90 Å². The summed E-state index contributed by atoms with van der Waals surface area (Å²) in [4.78, 5) is 17.9. The molecule has 0 fully saturated rings. The summed E-state index contributed by atoms with van der Waals surface area (Å²) in [5.74, 6) is 0.429. The summed E-state index contributed by atoms with van der Waals surface area (Å²) in [6, 6.07) is 6.11. The number of fused-ring (bicyclic) bond motifs is 2.